The standard InChI is InChI=1S/C17H28O6/c1-12(6-7-22-15(20)8-13(2)18)10-17(4,5)11-23-16(21)9-14(3)19/h12H,6-11H2,1-5H3. The topological polar surface area (TPSA) is 86.7 Å². The SMILES string of the molecule is CC(=O)CC(=O)OCCC(C)CC(C)(C)COC(=O)CC(C)=O. The van der Waals surface area contributed by atoms with Crippen LogP contribution in [0.1, 0.15) is 60.3 Å². The zero-order valence-corrected chi connectivity index (χ0v) is 14.8. The molecule has 132 valence electrons. The normalized spacial score (nSPS) is 12.4. The highest BCUT2D eigenvalue weighted by atomic mass is 16.5. The first-order valence-electron chi connectivity index (χ1n) is 7.82. The minimum Gasteiger partial charge on any atom is -0.465 e. The van der Waals surface area contributed by atoms with Gasteiger partial charge in [0.1, 0.15) is 24.4 Å². The first kappa shape index (κ1) is 21.3. The van der Waals surface area contributed by atoms with Crippen LogP contribution in [-0.4, -0.2) is 36.7 Å². The van der Waals surface area contributed by atoms with Crippen LogP contribution in [0.4, 0.5) is 0 Å². The summed E-state index contributed by atoms with van der Waals surface area (Å²) in [5, 5.41) is 0. The highest BCUT2D eigenvalue weighted by Crippen LogP contribution is 2.27. The molecule has 0 fully saturated rings. The zero-order valence-electron chi connectivity index (χ0n) is 14.8. The third-order valence-corrected chi connectivity index (χ3v) is 3.19. The smallest absolute Gasteiger partial charge is 0.313 e. The Morgan fingerprint density at radius 3 is 1.87 bits per heavy atom. The summed E-state index contributed by atoms with van der Waals surface area (Å²) in [5.74, 6) is -1.16. The van der Waals surface area contributed by atoms with E-state index in [4.69, 9.17) is 9.47 Å². The van der Waals surface area contributed by atoms with Gasteiger partial charge in [-0.1, -0.05) is 20.8 Å². The molecule has 0 aliphatic rings. The van der Waals surface area contributed by atoms with Crippen molar-refractivity contribution in [2.75, 3.05) is 13.2 Å². The van der Waals surface area contributed by atoms with E-state index in [0.717, 1.165) is 6.42 Å². The lowest BCUT2D eigenvalue weighted by molar-refractivity contribution is -0.150. The minimum atomic E-state index is -0.503. The predicted molar refractivity (Wildman–Crippen MR) is 84.7 cm³/mol. The number of carbonyl (C=O) groups is 4. The maximum Gasteiger partial charge on any atom is 0.313 e. The number of carbonyl (C=O) groups excluding carboxylic acids is 4. The molecular weight excluding hydrogens is 300 g/mol. The highest BCUT2D eigenvalue weighted by molar-refractivity contribution is 5.94. The van der Waals surface area contributed by atoms with E-state index in [1.165, 1.54) is 13.8 Å². The molecule has 0 saturated heterocycles. The Hall–Kier alpha value is -1.72. The van der Waals surface area contributed by atoms with E-state index in [2.05, 4.69) is 0 Å². The Morgan fingerprint density at radius 1 is 0.913 bits per heavy atom. The van der Waals surface area contributed by atoms with Gasteiger partial charge in [0.15, 0.2) is 0 Å². The summed E-state index contributed by atoms with van der Waals surface area (Å²) in [7, 11) is 0. The van der Waals surface area contributed by atoms with Gasteiger partial charge in [-0.25, -0.2) is 0 Å². The fraction of sp³-hybridized carbons (Fsp3) is 0.765. The predicted octanol–water partition coefficient (Wildman–Crippen LogP) is 2.47. The van der Waals surface area contributed by atoms with Crippen LogP contribution in [0, 0.1) is 11.3 Å². The summed E-state index contributed by atoms with van der Waals surface area (Å²) in [6.45, 7) is 9.19. The number of Topliss-reactive ketones (excluding diaryl/α,β-unsaturated/α-hetero) is 2. The molecule has 0 heterocycles. The molecule has 1 unspecified atom stereocenters. The lowest BCUT2D eigenvalue weighted by Crippen LogP contribution is -2.25. The van der Waals surface area contributed by atoms with Gasteiger partial charge in [-0.3, -0.25) is 19.2 Å². The summed E-state index contributed by atoms with van der Waals surface area (Å²) in [4.78, 5) is 44.3. The average Bonchev–Trinajstić information content (AvgIpc) is 2.34. The van der Waals surface area contributed by atoms with E-state index in [9.17, 15) is 19.2 Å². The Kier molecular flexibility index (Phi) is 9.37. The van der Waals surface area contributed by atoms with E-state index in [1.807, 2.05) is 20.8 Å². The second-order valence-electron chi connectivity index (χ2n) is 6.90. The van der Waals surface area contributed by atoms with E-state index in [0.29, 0.717) is 6.42 Å². The second kappa shape index (κ2) is 10.1. The minimum absolute atomic E-state index is 0.189. The molecule has 0 aromatic rings. The maximum atomic E-state index is 11.4. The van der Waals surface area contributed by atoms with E-state index in [-0.39, 0.29) is 49.0 Å². The van der Waals surface area contributed by atoms with Gasteiger partial charge in [0.25, 0.3) is 0 Å². The quantitative estimate of drug-likeness (QED) is 0.428. The van der Waals surface area contributed by atoms with Crippen molar-refractivity contribution in [2.24, 2.45) is 11.3 Å². The summed E-state index contributed by atoms with van der Waals surface area (Å²) in [6.07, 6.45) is 1.07. The van der Waals surface area contributed by atoms with Crippen molar-refractivity contribution in [2.45, 2.75) is 60.3 Å². The second-order valence-corrected chi connectivity index (χ2v) is 6.90. The van der Waals surface area contributed by atoms with Crippen molar-refractivity contribution >= 4 is 23.5 Å². The molecule has 0 aliphatic carbocycles. The van der Waals surface area contributed by atoms with Crippen LogP contribution in [0.2, 0.25) is 0 Å². The Bertz CT molecular complexity index is 438. The lowest BCUT2D eigenvalue weighted by atomic mass is 9.83. The van der Waals surface area contributed by atoms with E-state index >= 15 is 0 Å². The van der Waals surface area contributed by atoms with Gasteiger partial charge in [0.2, 0.25) is 0 Å². The number of hydrogen-bond donors (Lipinski definition) is 0. The molecule has 0 aliphatic heterocycles. The van der Waals surface area contributed by atoms with Crippen LogP contribution in [0.3, 0.4) is 0 Å². The highest BCUT2D eigenvalue weighted by Gasteiger charge is 2.23. The number of ether oxygens (including phenoxy) is 2. The molecule has 0 aromatic heterocycles. The van der Waals surface area contributed by atoms with Crippen LogP contribution in [0.15, 0.2) is 0 Å². The molecule has 0 saturated carbocycles. The number of esters is 2. The van der Waals surface area contributed by atoms with Gasteiger partial charge in [-0.2, -0.15) is 0 Å². The van der Waals surface area contributed by atoms with E-state index in [1.54, 1.807) is 0 Å². The number of rotatable bonds is 11. The van der Waals surface area contributed by atoms with Crippen molar-refractivity contribution in [1.82, 2.24) is 0 Å². The van der Waals surface area contributed by atoms with Crippen LogP contribution in [0.5, 0.6) is 0 Å². The lowest BCUT2D eigenvalue weighted by Gasteiger charge is -2.27. The van der Waals surface area contributed by atoms with Crippen LogP contribution in [-0.2, 0) is 28.7 Å². The molecule has 0 bridgehead atoms. The molecule has 0 radical (unpaired) electrons. The largest absolute Gasteiger partial charge is 0.465 e. The molecule has 6 heteroatoms. The van der Waals surface area contributed by atoms with Crippen molar-refractivity contribution in [1.29, 1.82) is 0 Å². The van der Waals surface area contributed by atoms with Crippen molar-refractivity contribution in [3.8, 4) is 0 Å². The monoisotopic (exact) mass is 328 g/mol. The molecule has 1 atom stereocenters. The molecule has 23 heavy (non-hydrogen) atoms. The molecule has 0 N–H and O–H groups in total. The van der Waals surface area contributed by atoms with Crippen molar-refractivity contribution in [3.05, 3.63) is 0 Å². The zero-order chi connectivity index (χ0) is 18.0. The third-order valence-electron chi connectivity index (χ3n) is 3.19. The Balaban J connectivity index is 4.04. The summed E-state index contributed by atoms with van der Waals surface area (Å²) in [6, 6.07) is 0. The molecule has 0 aromatic carbocycles. The van der Waals surface area contributed by atoms with Gasteiger partial charge < -0.3 is 9.47 Å². The van der Waals surface area contributed by atoms with Gasteiger partial charge >= 0.3 is 11.9 Å². The summed E-state index contributed by atoms with van der Waals surface area (Å²) < 4.78 is 10.1. The molecule has 0 spiro atoms. The number of hydrogen-bond acceptors (Lipinski definition) is 6. The van der Waals surface area contributed by atoms with Crippen LogP contribution >= 0.6 is 0 Å². The van der Waals surface area contributed by atoms with Gasteiger partial charge in [0.05, 0.1) is 13.2 Å². The summed E-state index contributed by atoms with van der Waals surface area (Å²) >= 11 is 0. The maximum absolute atomic E-state index is 11.4. The van der Waals surface area contributed by atoms with Crippen molar-refractivity contribution in [3.63, 3.8) is 0 Å². The average molecular weight is 328 g/mol. The first-order valence-corrected chi connectivity index (χ1v) is 7.82. The summed E-state index contributed by atoms with van der Waals surface area (Å²) in [5.41, 5.74) is -0.227. The van der Waals surface area contributed by atoms with Gasteiger partial charge in [-0.05, 0) is 38.0 Å². The van der Waals surface area contributed by atoms with Crippen molar-refractivity contribution < 1.29 is 28.7 Å². The molecular formula is C17H28O6. The third kappa shape index (κ3) is 12.5. The Morgan fingerprint density at radius 2 is 1.39 bits per heavy atom. The molecule has 0 amide bonds. The fourth-order valence-electron chi connectivity index (χ4n) is 2.26. The van der Waals surface area contributed by atoms with Gasteiger partial charge in [0, 0.05) is 0 Å². The first-order chi connectivity index (χ1) is 10.5. The molecule has 6 nitrogen and oxygen atoms in total. The van der Waals surface area contributed by atoms with Gasteiger partial charge in [-0.15, -0.1) is 0 Å². The Labute approximate surface area is 137 Å². The molecule has 0 rings (SSSR count). The fourth-order valence-corrected chi connectivity index (χ4v) is 2.26. The number of ketones is 2. The van der Waals surface area contributed by atoms with E-state index < -0.39 is 11.9 Å². The van der Waals surface area contributed by atoms with Crippen LogP contribution in [0.25, 0.3) is 0 Å². The van der Waals surface area contributed by atoms with Crippen LogP contribution < -0.4 is 0 Å².